The maximum absolute atomic E-state index is 11.6. The summed E-state index contributed by atoms with van der Waals surface area (Å²) in [5.74, 6) is -1.43. The molecule has 0 radical (unpaired) electrons. The summed E-state index contributed by atoms with van der Waals surface area (Å²) >= 11 is 5.86. The van der Waals surface area contributed by atoms with E-state index in [0.717, 1.165) is 0 Å². The largest absolute Gasteiger partial charge is 0.514 e. The van der Waals surface area contributed by atoms with Crippen LogP contribution < -0.4 is 4.74 Å². The topological polar surface area (TPSA) is 72.8 Å². The van der Waals surface area contributed by atoms with Gasteiger partial charge in [-0.2, -0.15) is 0 Å². The Bertz CT molecular complexity index is 517. The highest BCUT2D eigenvalue weighted by Crippen LogP contribution is 2.32. The molecule has 0 atom stereocenters. The Morgan fingerprint density at radius 1 is 1.26 bits per heavy atom. The van der Waals surface area contributed by atoms with E-state index in [-0.39, 0.29) is 16.3 Å². The molecule has 104 valence electrons. The van der Waals surface area contributed by atoms with Crippen LogP contribution in [0.3, 0.4) is 0 Å². The van der Waals surface area contributed by atoms with Crippen LogP contribution in [0, 0.1) is 6.92 Å². The van der Waals surface area contributed by atoms with Crippen LogP contribution >= 0.6 is 11.6 Å². The molecule has 0 fully saturated rings. The molecule has 0 amide bonds. The van der Waals surface area contributed by atoms with E-state index in [2.05, 4.69) is 0 Å². The highest BCUT2D eigenvalue weighted by atomic mass is 35.5. The molecule has 19 heavy (non-hydrogen) atoms. The summed E-state index contributed by atoms with van der Waals surface area (Å²) in [7, 11) is 0. The summed E-state index contributed by atoms with van der Waals surface area (Å²) in [6.45, 7) is 6.60. The average Bonchev–Trinajstić information content (AvgIpc) is 2.20. The van der Waals surface area contributed by atoms with Crippen LogP contribution in [0.2, 0.25) is 5.02 Å². The lowest BCUT2D eigenvalue weighted by molar-refractivity contribution is 0.0204. The number of hydrogen-bond donors (Lipinski definition) is 1. The third kappa shape index (κ3) is 4.13. The zero-order valence-electron chi connectivity index (χ0n) is 11.1. The van der Waals surface area contributed by atoms with Gasteiger partial charge in [0.1, 0.15) is 11.2 Å². The van der Waals surface area contributed by atoms with E-state index in [1.807, 2.05) is 0 Å². The Balaban J connectivity index is 3.10. The number of ether oxygens (including phenoxy) is 2. The molecular formula is C13H15ClO5. The van der Waals surface area contributed by atoms with Crippen molar-refractivity contribution in [2.45, 2.75) is 33.3 Å². The monoisotopic (exact) mass is 286 g/mol. The van der Waals surface area contributed by atoms with Crippen LogP contribution in [-0.2, 0) is 4.74 Å². The van der Waals surface area contributed by atoms with Crippen LogP contribution in [0.25, 0.3) is 0 Å². The first kappa shape index (κ1) is 15.3. The SMILES string of the molecule is Cc1ccc(Cl)c(OC(=O)OC(C)(C)C)c1C(=O)O. The number of rotatable bonds is 2. The second-order valence-electron chi connectivity index (χ2n) is 4.94. The lowest BCUT2D eigenvalue weighted by atomic mass is 10.1. The Morgan fingerprint density at radius 3 is 2.32 bits per heavy atom. The first-order chi connectivity index (χ1) is 8.61. The molecule has 5 nitrogen and oxygen atoms in total. The lowest BCUT2D eigenvalue weighted by Gasteiger charge is -2.19. The molecule has 1 rings (SSSR count). The number of aryl methyl sites for hydroxylation is 1. The lowest BCUT2D eigenvalue weighted by Crippen LogP contribution is -2.26. The Labute approximate surface area is 116 Å². The molecule has 0 aliphatic carbocycles. The second kappa shape index (κ2) is 5.48. The van der Waals surface area contributed by atoms with E-state index in [4.69, 9.17) is 26.2 Å². The fourth-order valence-corrected chi connectivity index (χ4v) is 1.57. The number of carbonyl (C=O) groups excluding carboxylic acids is 1. The summed E-state index contributed by atoms with van der Waals surface area (Å²) in [6, 6.07) is 3.00. The molecule has 1 aromatic rings. The van der Waals surface area contributed by atoms with E-state index in [1.54, 1.807) is 27.7 Å². The van der Waals surface area contributed by atoms with Crippen molar-refractivity contribution < 1.29 is 24.2 Å². The summed E-state index contributed by atoms with van der Waals surface area (Å²) in [6.07, 6.45) is -0.998. The molecule has 6 heteroatoms. The fourth-order valence-electron chi connectivity index (χ4n) is 1.38. The zero-order valence-corrected chi connectivity index (χ0v) is 11.9. The van der Waals surface area contributed by atoms with E-state index in [9.17, 15) is 9.59 Å². The van der Waals surface area contributed by atoms with Gasteiger partial charge < -0.3 is 14.6 Å². The normalized spacial score (nSPS) is 11.0. The smallest absolute Gasteiger partial charge is 0.478 e. The van der Waals surface area contributed by atoms with Crippen LogP contribution in [0.5, 0.6) is 5.75 Å². The highest BCUT2D eigenvalue weighted by Gasteiger charge is 2.24. The van der Waals surface area contributed by atoms with Gasteiger partial charge in [0.25, 0.3) is 0 Å². The molecule has 0 aliphatic heterocycles. The molecule has 0 spiro atoms. The number of carbonyl (C=O) groups is 2. The van der Waals surface area contributed by atoms with Crippen molar-refractivity contribution in [2.75, 3.05) is 0 Å². The minimum Gasteiger partial charge on any atom is -0.478 e. The van der Waals surface area contributed by atoms with Crippen molar-refractivity contribution in [1.82, 2.24) is 0 Å². The van der Waals surface area contributed by atoms with Gasteiger partial charge in [0.15, 0.2) is 5.75 Å². The number of benzene rings is 1. The highest BCUT2D eigenvalue weighted by molar-refractivity contribution is 6.32. The third-order valence-corrected chi connectivity index (χ3v) is 2.40. The Morgan fingerprint density at radius 2 is 1.84 bits per heavy atom. The minimum atomic E-state index is -1.22. The van der Waals surface area contributed by atoms with Gasteiger partial charge in [-0.1, -0.05) is 17.7 Å². The average molecular weight is 287 g/mol. The van der Waals surface area contributed by atoms with Crippen LogP contribution in [0.4, 0.5) is 4.79 Å². The van der Waals surface area contributed by atoms with Gasteiger partial charge in [-0.05, 0) is 39.3 Å². The van der Waals surface area contributed by atoms with Gasteiger partial charge in [0.05, 0.1) is 5.02 Å². The number of carboxylic acids is 1. The van der Waals surface area contributed by atoms with Crippen molar-refractivity contribution in [3.8, 4) is 5.75 Å². The van der Waals surface area contributed by atoms with Crippen molar-refractivity contribution in [2.24, 2.45) is 0 Å². The summed E-state index contributed by atoms with van der Waals surface area (Å²) in [5.41, 5.74) is -0.453. The molecule has 0 aliphatic rings. The van der Waals surface area contributed by atoms with E-state index >= 15 is 0 Å². The quantitative estimate of drug-likeness (QED) is 0.663. The zero-order chi connectivity index (χ0) is 14.8. The Hall–Kier alpha value is -1.75. The number of halogens is 1. The molecule has 0 saturated heterocycles. The van der Waals surface area contributed by atoms with Gasteiger partial charge in [-0.3, -0.25) is 0 Å². The minimum absolute atomic E-state index is 0.0360. The standard InChI is InChI=1S/C13H15ClO5/c1-7-5-6-8(14)10(9(7)11(15)16)18-12(17)19-13(2,3)4/h5-6H,1-4H3,(H,15,16). The summed E-state index contributed by atoms with van der Waals surface area (Å²) < 4.78 is 9.88. The molecule has 0 heterocycles. The van der Waals surface area contributed by atoms with Gasteiger partial charge >= 0.3 is 12.1 Å². The van der Waals surface area contributed by atoms with Gasteiger partial charge in [-0.15, -0.1) is 0 Å². The predicted octanol–water partition coefficient (Wildman–Crippen LogP) is 3.66. The van der Waals surface area contributed by atoms with Gasteiger partial charge in [0.2, 0.25) is 0 Å². The summed E-state index contributed by atoms with van der Waals surface area (Å²) in [4.78, 5) is 22.7. The maximum atomic E-state index is 11.6. The van der Waals surface area contributed by atoms with E-state index in [1.165, 1.54) is 12.1 Å². The molecule has 0 unspecified atom stereocenters. The van der Waals surface area contributed by atoms with Crippen LogP contribution in [-0.4, -0.2) is 22.8 Å². The van der Waals surface area contributed by atoms with Crippen LogP contribution in [0.1, 0.15) is 36.7 Å². The maximum Gasteiger partial charge on any atom is 0.514 e. The second-order valence-corrected chi connectivity index (χ2v) is 5.35. The molecule has 0 bridgehead atoms. The number of carboxylic acid groups (broad SMARTS) is 1. The van der Waals surface area contributed by atoms with E-state index < -0.39 is 17.7 Å². The molecule has 1 N–H and O–H groups in total. The molecule has 1 aromatic carbocycles. The van der Waals surface area contributed by atoms with Crippen molar-refractivity contribution >= 4 is 23.7 Å². The molecule has 0 saturated carbocycles. The van der Waals surface area contributed by atoms with Crippen molar-refractivity contribution in [1.29, 1.82) is 0 Å². The van der Waals surface area contributed by atoms with Crippen LogP contribution in [0.15, 0.2) is 12.1 Å². The third-order valence-electron chi connectivity index (χ3n) is 2.11. The Kier molecular flexibility index (Phi) is 4.42. The van der Waals surface area contributed by atoms with Crippen molar-refractivity contribution in [3.63, 3.8) is 0 Å². The summed E-state index contributed by atoms with van der Waals surface area (Å²) in [5, 5.41) is 9.16. The fraction of sp³-hybridized carbons (Fsp3) is 0.385. The first-order valence-electron chi connectivity index (χ1n) is 5.55. The number of hydrogen-bond acceptors (Lipinski definition) is 4. The molecular weight excluding hydrogens is 272 g/mol. The van der Waals surface area contributed by atoms with Gasteiger partial charge in [0, 0.05) is 0 Å². The first-order valence-corrected chi connectivity index (χ1v) is 5.93. The van der Waals surface area contributed by atoms with Gasteiger partial charge in [-0.25, -0.2) is 9.59 Å². The number of aromatic carboxylic acids is 1. The predicted molar refractivity (Wildman–Crippen MR) is 70.0 cm³/mol. The van der Waals surface area contributed by atoms with E-state index in [0.29, 0.717) is 5.56 Å². The van der Waals surface area contributed by atoms with Crippen molar-refractivity contribution in [3.05, 3.63) is 28.3 Å². The molecule has 0 aromatic heterocycles.